The number of ether oxygens (including phenoxy) is 1. The van der Waals surface area contributed by atoms with Gasteiger partial charge in [0.15, 0.2) is 0 Å². The van der Waals surface area contributed by atoms with Crippen molar-refractivity contribution < 1.29 is 9.53 Å². The minimum Gasteiger partial charge on any atom is -0.491 e. The van der Waals surface area contributed by atoms with Gasteiger partial charge in [-0.05, 0) is 18.6 Å². The number of amides is 1. The van der Waals surface area contributed by atoms with E-state index in [0.29, 0.717) is 25.6 Å². The van der Waals surface area contributed by atoms with E-state index in [1.165, 1.54) is 0 Å². The van der Waals surface area contributed by atoms with Crippen LogP contribution >= 0.6 is 11.8 Å². The Balaban J connectivity index is 1.70. The highest BCUT2D eigenvalue weighted by atomic mass is 32.2. The summed E-state index contributed by atoms with van der Waals surface area (Å²) in [5.74, 6) is 3.25. The monoisotopic (exact) mass is 308 g/mol. The van der Waals surface area contributed by atoms with Crippen molar-refractivity contribution in [2.24, 2.45) is 0 Å². The zero-order valence-corrected chi connectivity index (χ0v) is 13.6. The SMILES string of the molecule is Cc1ccccc1OCCN(C)C(=O)CC1CSCCN1. The molecule has 1 aromatic rings. The van der Waals surface area contributed by atoms with Crippen LogP contribution in [0, 0.1) is 6.92 Å². The van der Waals surface area contributed by atoms with Crippen molar-refractivity contribution in [2.75, 3.05) is 38.2 Å². The maximum Gasteiger partial charge on any atom is 0.224 e. The maximum atomic E-state index is 12.1. The van der Waals surface area contributed by atoms with Crippen molar-refractivity contribution in [3.63, 3.8) is 0 Å². The van der Waals surface area contributed by atoms with Gasteiger partial charge in [0.2, 0.25) is 5.91 Å². The van der Waals surface area contributed by atoms with Crippen LogP contribution in [-0.4, -0.2) is 55.1 Å². The molecule has 1 atom stereocenters. The van der Waals surface area contributed by atoms with Crippen molar-refractivity contribution in [3.8, 4) is 5.75 Å². The summed E-state index contributed by atoms with van der Waals surface area (Å²) in [4.78, 5) is 13.9. The Hall–Kier alpha value is -1.20. The number of hydrogen-bond donors (Lipinski definition) is 1. The number of benzene rings is 1. The molecular weight excluding hydrogens is 284 g/mol. The van der Waals surface area contributed by atoms with Crippen LogP contribution in [0.3, 0.4) is 0 Å². The Morgan fingerprint density at radius 3 is 3.00 bits per heavy atom. The molecule has 0 saturated carbocycles. The van der Waals surface area contributed by atoms with Gasteiger partial charge in [-0.15, -0.1) is 0 Å². The van der Waals surface area contributed by atoms with Gasteiger partial charge in [-0.3, -0.25) is 4.79 Å². The predicted octanol–water partition coefficient (Wildman–Crippen LogP) is 1.93. The summed E-state index contributed by atoms with van der Waals surface area (Å²) in [5.41, 5.74) is 1.12. The van der Waals surface area contributed by atoms with E-state index in [0.717, 1.165) is 29.4 Å². The predicted molar refractivity (Wildman–Crippen MR) is 88.0 cm³/mol. The number of carbonyl (C=O) groups excluding carboxylic acids is 1. The molecule has 116 valence electrons. The summed E-state index contributed by atoms with van der Waals surface area (Å²) in [6.07, 6.45) is 0.577. The topological polar surface area (TPSA) is 41.6 Å². The summed E-state index contributed by atoms with van der Waals surface area (Å²) in [5, 5.41) is 3.39. The van der Waals surface area contributed by atoms with Crippen LogP contribution in [0.15, 0.2) is 24.3 Å². The van der Waals surface area contributed by atoms with Gasteiger partial charge in [-0.25, -0.2) is 0 Å². The molecule has 0 bridgehead atoms. The molecule has 21 heavy (non-hydrogen) atoms. The molecule has 1 aromatic carbocycles. The van der Waals surface area contributed by atoms with Crippen molar-refractivity contribution in [2.45, 2.75) is 19.4 Å². The normalized spacial score (nSPS) is 18.3. The van der Waals surface area contributed by atoms with Crippen molar-refractivity contribution in [1.82, 2.24) is 10.2 Å². The van der Waals surface area contributed by atoms with Crippen molar-refractivity contribution >= 4 is 17.7 Å². The van der Waals surface area contributed by atoms with Crippen LogP contribution in [0.25, 0.3) is 0 Å². The summed E-state index contributed by atoms with van der Waals surface area (Å²) in [6.45, 7) is 4.17. The molecule has 5 heteroatoms. The molecule has 1 aliphatic heterocycles. The summed E-state index contributed by atoms with van der Waals surface area (Å²) < 4.78 is 5.73. The number of aryl methyl sites for hydroxylation is 1. The molecule has 1 aliphatic rings. The zero-order chi connectivity index (χ0) is 15.1. The minimum absolute atomic E-state index is 0.184. The number of para-hydroxylation sites is 1. The van der Waals surface area contributed by atoms with Gasteiger partial charge in [0.05, 0.1) is 6.54 Å². The Bertz CT molecular complexity index is 461. The third-order valence-corrected chi connectivity index (χ3v) is 4.75. The van der Waals surface area contributed by atoms with E-state index in [1.807, 2.05) is 50.0 Å². The molecule has 0 aliphatic carbocycles. The average Bonchev–Trinajstić information content (AvgIpc) is 2.50. The van der Waals surface area contributed by atoms with Gasteiger partial charge in [-0.2, -0.15) is 11.8 Å². The first-order valence-electron chi connectivity index (χ1n) is 7.40. The average molecular weight is 308 g/mol. The number of nitrogens with one attached hydrogen (secondary N) is 1. The second-order valence-electron chi connectivity index (χ2n) is 5.36. The molecule has 0 spiro atoms. The quantitative estimate of drug-likeness (QED) is 0.872. The Kier molecular flexibility index (Phi) is 6.39. The van der Waals surface area contributed by atoms with Crippen LogP contribution in [-0.2, 0) is 4.79 Å². The van der Waals surface area contributed by atoms with Crippen LogP contribution in [0.1, 0.15) is 12.0 Å². The first kappa shape index (κ1) is 16.2. The number of carbonyl (C=O) groups is 1. The van der Waals surface area contributed by atoms with Crippen LogP contribution in [0.2, 0.25) is 0 Å². The smallest absolute Gasteiger partial charge is 0.224 e. The van der Waals surface area contributed by atoms with E-state index < -0.39 is 0 Å². The van der Waals surface area contributed by atoms with Gasteiger partial charge < -0.3 is 15.0 Å². The van der Waals surface area contributed by atoms with E-state index in [1.54, 1.807) is 4.90 Å². The number of rotatable bonds is 6. The summed E-state index contributed by atoms with van der Waals surface area (Å²) >= 11 is 1.92. The second kappa shape index (κ2) is 8.29. The fourth-order valence-corrected chi connectivity index (χ4v) is 3.20. The standard InChI is InChI=1S/C16H24N2O2S/c1-13-5-3-4-6-15(13)20-9-8-18(2)16(19)11-14-12-21-10-7-17-14/h3-6,14,17H,7-12H2,1-2H3. The van der Waals surface area contributed by atoms with Crippen LogP contribution < -0.4 is 10.1 Å². The largest absolute Gasteiger partial charge is 0.491 e. The first-order valence-corrected chi connectivity index (χ1v) is 8.56. The minimum atomic E-state index is 0.184. The molecule has 1 saturated heterocycles. The Morgan fingerprint density at radius 1 is 1.48 bits per heavy atom. The first-order chi connectivity index (χ1) is 10.2. The van der Waals surface area contributed by atoms with Gasteiger partial charge in [-0.1, -0.05) is 18.2 Å². The molecule has 1 fully saturated rings. The number of thioether (sulfide) groups is 1. The molecular formula is C16H24N2O2S. The van der Waals surface area contributed by atoms with Crippen LogP contribution in [0.4, 0.5) is 0 Å². The van der Waals surface area contributed by atoms with Gasteiger partial charge in [0, 0.05) is 37.6 Å². The third-order valence-electron chi connectivity index (χ3n) is 3.62. The lowest BCUT2D eigenvalue weighted by Gasteiger charge is -2.25. The van der Waals surface area contributed by atoms with Crippen molar-refractivity contribution in [1.29, 1.82) is 0 Å². The molecule has 1 N–H and O–H groups in total. The van der Waals surface area contributed by atoms with Crippen LogP contribution in [0.5, 0.6) is 5.75 Å². The molecule has 4 nitrogen and oxygen atoms in total. The molecule has 1 amide bonds. The van der Waals surface area contributed by atoms with Gasteiger partial charge >= 0.3 is 0 Å². The summed E-state index contributed by atoms with van der Waals surface area (Å²) in [7, 11) is 1.85. The third kappa shape index (κ3) is 5.25. The Labute approximate surface area is 131 Å². The van der Waals surface area contributed by atoms with E-state index >= 15 is 0 Å². The van der Waals surface area contributed by atoms with E-state index in [4.69, 9.17) is 4.74 Å². The zero-order valence-electron chi connectivity index (χ0n) is 12.8. The number of hydrogen-bond acceptors (Lipinski definition) is 4. The van der Waals surface area contributed by atoms with E-state index in [9.17, 15) is 4.79 Å². The molecule has 0 aromatic heterocycles. The molecule has 2 rings (SSSR count). The highest BCUT2D eigenvalue weighted by Crippen LogP contribution is 2.16. The van der Waals surface area contributed by atoms with E-state index in [-0.39, 0.29) is 5.91 Å². The highest BCUT2D eigenvalue weighted by molar-refractivity contribution is 7.99. The fourth-order valence-electron chi connectivity index (χ4n) is 2.25. The number of likely N-dealkylation sites (N-methyl/N-ethyl adjacent to an activating group) is 1. The maximum absolute atomic E-state index is 12.1. The fraction of sp³-hybridized carbons (Fsp3) is 0.562. The van der Waals surface area contributed by atoms with Gasteiger partial charge in [0.1, 0.15) is 12.4 Å². The van der Waals surface area contributed by atoms with Crippen molar-refractivity contribution in [3.05, 3.63) is 29.8 Å². The molecule has 1 heterocycles. The van der Waals surface area contributed by atoms with E-state index in [2.05, 4.69) is 5.32 Å². The lowest BCUT2D eigenvalue weighted by Crippen LogP contribution is -2.42. The molecule has 1 unspecified atom stereocenters. The highest BCUT2D eigenvalue weighted by Gasteiger charge is 2.18. The lowest BCUT2D eigenvalue weighted by molar-refractivity contribution is -0.130. The number of nitrogens with zero attached hydrogens (tertiary/aromatic N) is 1. The Morgan fingerprint density at radius 2 is 2.29 bits per heavy atom. The second-order valence-corrected chi connectivity index (χ2v) is 6.51. The molecule has 0 radical (unpaired) electrons. The summed E-state index contributed by atoms with van der Waals surface area (Å²) in [6, 6.07) is 8.25. The van der Waals surface area contributed by atoms with Gasteiger partial charge in [0.25, 0.3) is 0 Å². The lowest BCUT2D eigenvalue weighted by atomic mass is 10.2.